The zero-order valence-corrected chi connectivity index (χ0v) is 16.6. The van der Waals surface area contributed by atoms with Gasteiger partial charge in [-0.25, -0.2) is 4.98 Å². The third-order valence-electron chi connectivity index (χ3n) is 4.80. The van der Waals surface area contributed by atoms with Crippen LogP contribution in [0.25, 0.3) is 10.9 Å². The standard InChI is InChI=1S/C22H26N4O2/c1-25(2)15-19(16-9-5-4-6-10-16)24-21(27)14-13-20-23-18-12-8-7-11-17(18)22(28)26(20)3/h4-12,19H,13-15H2,1-3H3,(H,24,27)/p+1/t19-/m1/s1. The smallest absolute Gasteiger partial charge is 0.261 e. The number of hydrogen-bond donors (Lipinski definition) is 2. The lowest BCUT2D eigenvalue weighted by Gasteiger charge is -2.21. The van der Waals surface area contributed by atoms with Crippen LogP contribution < -0.4 is 15.8 Å². The molecule has 1 heterocycles. The molecule has 0 bridgehead atoms. The number of hydrogen-bond acceptors (Lipinski definition) is 3. The summed E-state index contributed by atoms with van der Waals surface area (Å²) in [4.78, 5) is 30.9. The second-order valence-electron chi connectivity index (χ2n) is 7.35. The molecule has 2 N–H and O–H groups in total. The molecule has 1 amide bonds. The molecule has 0 unspecified atom stereocenters. The molecular formula is C22H27N4O2+. The predicted octanol–water partition coefficient (Wildman–Crippen LogP) is 0.868. The first-order chi connectivity index (χ1) is 13.5. The molecule has 0 aliphatic rings. The summed E-state index contributed by atoms with van der Waals surface area (Å²) >= 11 is 0. The number of aromatic nitrogens is 2. The number of nitrogens with zero attached hydrogens (tertiary/aromatic N) is 2. The lowest BCUT2D eigenvalue weighted by Crippen LogP contribution is -3.06. The fourth-order valence-corrected chi connectivity index (χ4v) is 3.33. The average molecular weight is 379 g/mol. The zero-order valence-electron chi connectivity index (χ0n) is 16.6. The summed E-state index contributed by atoms with van der Waals surface area (Å²) in [5.41, 5.74) is 1.67. The first-order valence-electron chi connectivity index (χ1n) is 9.53. The summed E-state index contributed by atoms with van der Waals surface area (Å²) in [7, 11) is 5.84. The Morgan fingerprint density at radius 1 is 1.11 bits per heavy atom. The van der Waals surface area contributed by atoms with Gasteiger partial charge in [0, 0.05) is 19.9 Å². The predicted molar refractivity (Wildman–Crippen MR) is 110 cm³/mol. The van der Waals surface area contributed by atoms with Gasteiger partial charge in [-0.1, -0.05) is 42.5 Å². The number of likely N-dealkylation sites (N-methyl/N-ethyl adjacent to an activating group) is 1. The molecule has 1 aromatic heterocycles. The number of benzene rings is 2. The summed E-state index contributed by atoms with van der Waals surface area (Å²) in [6, 6.07) is 17.2. The Kier molecular flexibility index (Phi) is 6.21. The highest BCUT2D eigenvalue weighted by Crippen LogP contribution is 2.12. The SMILES string of the molecule is Cn1c(CCC(=O)N[C@H](C[NH+](C)C)c2ccccc2)nc2ccccc2c1=O. The van der Waals surface area contributed by atoms with Crippen LogP contribution in [0.15, 0.2) is 59.4 Å². The van der Waals surface area contributed by atoms with E-state index in [1.807, 2.05) is 48.5 Å². The Morgan fingerprint density at radius 3 is 2.50 bits per heavy atom. The van der Waals surface area contributed by atoms with E-state index in [9.17, 15) is 9.59 Å². The van der Waals surface area contributed by atoms with Crippen molar-refractivity contribution in [1.29, 1.82) is 0 Å². The molecule has 0 fully saturated rings. The van der Waals surface area contributed by atoms with Crippen LogP contribution in [0.5, 0.6) is 0 Å². The van der Waals surface area contributed by atoms with Crippen molar-refractivity contribution in [3.05, 3.63) is 76.3 Å². The highest BCUT2D eigenvalue weighted by atomic mass is 16.1. The number of carbonyl (C=O) groups is 1. The van der Waals surface area contributed by atoms with Gasteiger partial charge in [-0.2, -0.15) is 0 Å². The minimum atomic E-state index is -0.0839. The van der Waals surface area contributed by atoms with Gasteiger partial charge in [0.25, 0.3) is 5.56 Å². The van der Waals surface area contributed by atoms with Crippen molar-refractivity contribution in [2.45, 2.75) is 18.9 Å². The van der Waals surface area contributed by atoms with E-state index in [0.717, 1.165) is 12.1 Å². The molecule has 0 aliphatic heterocycles. The van der Waals surface area contributed by atoms with E-state index in [1.54, 1.807) is 13.1 Å². The molecule has 0 aliphatic carbocycles. The topological polar surface area (TPSA) is 68.4 Å². The third kappa shape index (κ3) is 4.64. The van der Waals surface area contributed by atoms with E-state index in [4.69, 9.17) is 0 Å². The molecule has 0 saturated carbocycles. The molecule has 0 spiro atoms. The number of aryl methyl sites for hydroxylation is 1. The minimum Gasteiger partial charge on any atom is -0.344 e. The molecule has 3 aromatic rings. The van der Waals surface area contributed by atoms with E-state index >= 15 is 0 Å². The van der Waals surface area contributed by atoms with Crippen LogP contribution in [0, 0.1) is 0 Å². The summed E-state index contributed by atoms with van der Waals surface area (Å²) < 4.78 is 1.54. The van der Waals surface area contributed by atoms with Crippen LogP contribution in [0.3, 0.4) is 0 Å². The van der Waals surface area contributed by atoms with Crippen molar-refractivity contribution in [2.24, 2.45) is 7.05 Å². The molecule has 1 atom stereocenters. The van der Waals surface area contributed by atoms with Crippen LogP contribution in [-0.2, 0) is 18.3 Å². The third-order valence-corrected chi connectivity index (χ3v) is 4.80. The van der Waals surface area contributed by atoms with E-state index in [-0.39, 0.29) is 23.9 Å². The Morgan fingerprint density at radius 2 is 1.79 bits per heavy atom. The fraction of sp³-hybridized carbons (Fsp3) is 0.318. The molecule has 0 saturated heterocycles. The molecule has 0 radical (unpaired) electrons. The van der Waals surface area contributed by atoms with Crippen LogP contribution in [0.4, 0.5) is 0 Å². The number of nitrogens with one attached hydrogen (secondary N) is 2. The quantitative estimate of drug-likeness (QED) is 0.640. The second-order valence-corrected chi connectivity index (χ2v) is 7.35. The number of carbonyl (C=O) groups excluding carboxylic acids is 1. The molecular weight excluding hydrogens is 352 g/mol. The molecule has 28 heavy (non-hydrogen) atoms. The molecule has 3 rings (SSSR count). The highest BCUT2D eigenvalue weighted by Gasteiger charge is 2.18. The number of amides is 1. The maximum absolute atomic E-state index is 12.6. The summed E-state index contributed by atoms with van der Waals surface area (Å²) in [6.45, 7) is 0.794. The van der Waals surface area contributed by atoms with Crippen molar-refractivity contribution in [2.75, 3.05) is 20.6 Å². The van der Waals surface area contributed by atoms with E-state index < -0.39 is 0 Å². The van der Waals surface area contributed by atoms with Crippen LogP contribution in [-0.4, -0.2) is 36.1 Å². The molecule has 6 nitrogen and oxygen atoms in total. The van der Waals surface area contributed by atoms with Gasteiger partial charge in [-0.15, -0.1) is 0 Å². The van der Waals surface area contributed by atoms with Gasteiger partial charge >= 0.3 is 0 Å². The van der Waals surface area contributed by atoms with E-state index in [0.29, 0.717) is 23.1 Å². The van der Waals surface area contributed by atoms with Crippen molar-refractivity contribution < 1.29 is 9.69 Å². The lowest BCUT2D eigenvalue weighted by molar-refractivity contribution is -0.860. The van der Waals surface area contributed by atoms with Gasteiger partial charge in [0.2, 0.25) is 5.91 Å². The van der Waals surface area contributed by atoms with Gasteiger partial charge in [0.15, 0.2) is 0 Å². The first kappa shape index (κ1) is 19.8. The summed E-state index contributed by atoms with van der Waals surface area (Å²) in [5.74, 6) is 0.575. The van der Waals surface area contributed by atoms with Crippen molar-refractivity contribution >= 4 is 16.8 Å². The first-order valence-corrected chi connectivity index (χ1v) is 9.53. The average Bonchev–Trinajstić information content (AvgIpc) is 2.69. The zero-order chi connectivity index (χ0) is 20.1. The number of quaternary nitrogens is 1. The number of rotatable bonds is 7. The Labute approximate surface area is 164 Å². The lowest BCUT2D eigenvalue weighted by atomic mass is 10.1. The highest BCUT2D eigenvalue weighted by molar-refractivity contribution is 5.78. The van der Waals surface area contributed by atoms with Gasteiger partial charge in [-0.05, 0) is 17.7 Å². The van der Waals surface area contributed by atoms with Crippen LogP contribution >= 0.6 is 0 Å². The monoisotopic (exact) mass is 379 g/mol. The number of para-hydroxylation sites is 1. The normalized spacial score (nSPS) is 12.3. The van der Waals surface area contributed by atoms with Crippen LogP contribution in [0.1, 0.15) is 23.9 Å². The largest absolute Gasteiger partial charge is 0.344 e. The fourth-order valence-electron chi connectivity index (χ4n) is 3.33. The second kappa shape index (κ2) is 8.80. The van der Waals surface area contributed by atoms with Gasteiger partial charge in [0.05, 0.1) is 25.0 Å². The Bertz CT molecular complexity index is 1010. The Balaban J connectivity index is 1.72. The van der Waals surface area contributed by atoms with Crippen molar-refractivity contribution in [3.8, 4) is 0 Å². The number of fused-ring (bicyclic) bond motifs is 1. The van der Waals surface area contributed by atoms with E-state index in [2.05, 4.69) is 24.4 Å². The summed E-state index contributed by atoms with van der Waals surface area (Å²) in [6.07, 6.45) is 0.698. The van der Waals surface area contributed by atoms with Gasteiger partial charge in [-0.3, -0.25) is 14.2 Å². The van der Waals surface area contributed by atoms with Crippen molar-refractivity contribution in [1.82, 2.24) is 14.9 Å². The Hall–Kier alpha value is -2.99. The summed E-state index contributed by atoms with van der Waals surface area (Å²) in [5, 5.41) is 3.73. The van der Waals surface area contributed by atoms with Crippen molar-refractivity contribution in [3.63, 3.8) is 0 Å². The molecule has 6 heteroatoms. The van der Waals surface area contributed by atoms with Gasteiger partial charge < -0.3 is 10.2 Å². The van der Waals surface area contributed by atoms with E-state index in [1.165, 1.54) is 9.47 Å². The van der Waals surface area contributed by atoms with Crippen LogP contribution in [0.2, 0.25) is 0 Å². The molecule has 146 valence electrons. The minimum absolute atomic E-state index is 0.0440. The van der Waals surface area contributed by atoms with Gasteiger partial charge in [0.1, 0.15) is 18.4 Å². The maximum Gasteiger partial charge on any atom is 0.261 e. The maximum atomic E-state index is 12.6. The molecule has 2 aromatic carbocycles.